The van der Waals surface area contributed by atoms with Crippen molar-refractivity contribution in [3.63, 3.8) is 0 Å². The zero-order valence-electron chi connectivity index (χ0n) is 43.1. The lowest BCUT2D eigenvalue weighted by Crippen LogP contribution is -2.30. The van der Waals surface area contributed by atoms with Gasteiger partial charge in [-0.3, -0.25) is 14.4 Å². The second kappa shape index (κ2) is 54.4. The van der Waals surface area contributed by atoms with Crippen LogP contribution in [0.25, 0.3) is 0 Å². The van der Waals surface area contributed by atoms with Crippen LogP contribution >= 0.6 is 0 Å². The molecule has 1 atom stereocenters. The summed E-state index contributed by atoms with van der Waals surface area (Å²) >= 11 is 0. The predicted octanol–water partition coefficient (Wildman–Crippen LogP) is 18.1. The van der Waals surface area contributed by atoms with Crippen LogP contribution in [0.3, 0.4) is 0 Å². The van der Waals surface area contributed by atoms with E-state index in [1.54, 1.807) is 0 Å². The van der Waals surface area contributed by atoms with Crippen LogP contribution in [0.2, 0.25) is 0 Å². The van der Waals surface area contributed by atoms with Gasteiger partial charge >= 0.3 is 17.9 Å². The maximum atomic E-state index is 12.8. The normalized spacial score (nSPS) is 13.1. The van der Waals surface area contributed by atoms with Gasteiger partial charge in [0, 0.05) is 19.3 Å². The Morgan fingerprint density at radius 1 is 0.313 bits per heavy atom. The van der Waals surface area contributed by atoms with Crippen LogP contribution in [0.4, 0.5) is 0 Å². The van der Waals surface area contributed by atoms with E-state index in [1.807, 2.05) is 0 Å². The standard InChI is InChI=1S/C61H98O6/c1-4-7-10-13-16-19-22-25-28-30-33-36-39-42-45-48-51-54-60(63)66-57-58(56-65-59(62)53-50-47-44-41-38-35-32-27-24-21-18-15-12-9-6-3)67-61(64)55-52-49-46-43-40-37-34-31-29-26-23-20-17-14-11-8-5-2/h9,12,16-21,25-29,32-33,36,38,41-42,45,58H,4-8,10-11,13-15,22-24,30-31,34-35,37,39-40,43-44,46-57H2,1-3H3/b12-9-,19-16-,20-17-,21-18-,28-25-,29-26-,32-27-,36-33-,41-38-,45-42-/t58-/m1/s1. The average molecular weight is 927 g/mol. The van der Waals surface area contributed by atoms with Gasteiger partial charge in [-0.05, 0) is 128 Å². The molecule has 378 valence electrons. The molecule has 67 heavy (non-hydrogen) atoms. The molecule has 0 radical (unpaired) electrons. The molecule has 6 heteroatoms. The van der Waals surface area contributed by atoms with Crippen molar-refractivity contribution < 1.29 is 28.6 Å². The largest absolute Gasteiger partial charge is 0.462 e. The Hall–Kier alpha value is -4.19. The fourth-order valence-corrected chi connectivity index (χ4v) is 6.87. The number of hydrogen-bond acceptors (Lipinski definition) is 6. The molecule has 0 aliphatic heterocycles. The molecule has 0 aromatic rings. The molecule has 0 fully saturated rings. The average Bonchev–Trinajstić information content (AvgIpc) is 3.33. The van der Waals surface area contributed by atoms with Gasteiger partial charge in [0.25, 0.3) is 0 Å². The molecule has 0 saturated carbocycles. The number of unbranched alkanes of at least 4 members (excludes halogenated alkanes) is 16. The van der Waals surface area contributed by atoms with Gasteiger partial charge < -0.3 is 14.2 Å². The zero-order chi connectivity index (χ0) is 48.6. The molecule has 0 aromatic carbocycles. The number of allylic oxidation sites excluding steroid dienone is 20. The van der Waals surface area contributed by atoms with Crippen LogP contribution in [0.15, 0.2) is 122 Å². The minimum absolute atomic E-state index is 0.123. The van der Waals surface area contributed by atoms with Crippen molar-refractivity contribution in [2.24, 2.45) is 0 Å². The monoisotopic (exact) mass is 927 g/mol. The third-order valence-electron chi connectivity index (χ3n) is 10.9. The van der Waals surface area contributed by atoms with E-state index in [4.69, 9.17) is 14.2 Å². The second-order valence-electron chi connectivity index (χ2n) is 17.4. The smallest absolute Gasteiger partial charge is 0.306 e. The van der Waals surface area contributed by atoms with E-state index in [0.29, 0.717) is 25.7 Å². The van der Waals surface area contributed by atoms with E-state index in [9.17, 15) is 14.4 Å². The first-order chi connectivity index (χ1) is 33.0. The Labute approximate surface area is 412 Å². The maximum absolute atomic E-state index is 12.8. The van der Waals surface area contributed by atoms with Crippen LogP contribution in [-0.2, 0) is 28.6 Å². The van der Waals surface area contributed by atoms with Crippen molar-refractivity contribution in [3.05, 3.63) is 122 Å². The number of carbonyl (C=O) groups is 3. The lowest BCUT2D eigenvalue weighted by Gasteiger charge is -2.18. The Morgan fingerprint density at radius 2 is 0.597 bits per heavy atom. The number of carbonyl (C=O) groups excluding carboxylic acids is 3. The molecular formula is C61H98O6. The van der Waals surface area contributed by atoms with Gasteiger partial charge in [-0.25, -0.2) is 0 Å². The van der Waals surface area contributed by atoms with Crippen LogP contribution in [0.1, 0.15) is 226 Å². The summed E-state index contributed by atoms with van der Waals surface area (Å²) in [5.74, 6) is -1.03. The molecule has 0 saturated heterocycles. The topological polar surface area (TPSA) is 78.9 Å². The van der Waals surface area contributed by atoms with Crippen molar-refractivity contribution in [1.29, 1.82) is 0 Å². The fraction of sp³-hybridized carbons (Fsp3) is 0.623. The minimum Gasteiger partial charge on any atom is -0.462 e. The molecule has 0 bridgehead atoms. The minimum atomic E-state index is -0.825. The Bertz CT molecular complexity index is 1440. The van der Waals surface area contributed by atoms with E-state index in [0.717, 1.165) is 96.3 Å². The van der Waals surface area contributed by atoms with Gasteiger partial charge in [0.15, 0.2) is 6.10 Å². The van der Waals surface area contributed by atoms with E-state index in [-0.39, 0.29) is 37.5 Å². The van der Waals surface area contributed by atoms with Gasteiger partial charge in [-0.1, -0.05) is 200 Å². The van der Waals surface area contributed by atoms with E-state index in [1.165, 1.54) is 77.0 Å². The summed E-state index contributed by atoms with van der Waals surface area (Å²) in [5, 5.41) is 0. The summed E-state index contributed by atoms with van der Waals surface area (Å²) in [6, 6.07) is 0. The summed E-state index contributed by atoms with van der Waals surface area (Å²) in [5.41, 5.74) is 0. The molecule has 0 aliphatic carbocycles. The summed E-state index contributed by atoms with van der Waals surface area (Å²) in [6.45, 7) is 6.37. The second-order valence-corrected chi connectivity index (χ2v) is 17.4. The van der Waals surface area contributed by atoms with Gasteiger partial charge in [-0.2, -0.15) is 0 Å². The number of hydrogen-bond donors (Lipinski definition) is 0. The third-order valence-corrected chi connectivity index (χ3v) is 10.9. The van der Waals surface area contributed by atoms with Gasteiger partial charge in [0.05, 0.1) is 0 Å². The highest BCUT2D eigenvalue weighted by Crippen LogP contribution is 2.13. The lowest BCUT2D eigenvalue weighted by atomic mass is 10.1. The van der Waals surface area contributed by atoms with E-state index in [2.05, 4.69) is 142 Å². The van der Waals surface area contributed by atoms with Crippen molar-refractivity contribution >= 4 is 17.9 Å². The Morgan fingerprint density at radius 3 is 1.00 bits per heavy atom. The first-order valence-corrected chi connectivity index (χ1v) is 27.0. The summed E-state index contributed by atoms with van der Waals surface area (Å²) in [7, 11) is 0. The van der Waals surface area contributed by atoms with Crippen molar-refractivity contribution in [2.45, 2.75) is 232 Å². The molecule has 0 heterocycles. The SMILES string of the molecule is CC/C=C\C/C=C\C/C=C\C/C=C\CCCCC(=O)OC[C@H](COC(=O)CCC/C=C\C/C=C\C/C=C\C/C=C\CCCCC)OC(=O)CCCCCCCCC/C=C\C/C=C\CCCCC. The van der Waals surface area contributed by atoms with Crippen LogP contribution < -0.4 is 0 Å². The highest BCUT2D eigenvalue weighted by Gasteiger charge is 2.19. The van der Waals surface area contributed by atoms with Crippen molar-refractivity contribution in [3.8, 4) is 0 Å². The molecule has 0 amide bonds. The van der Waals surface area contributed by atoms with Gasteiger partial charge in [0.1, 0.15) is 13.2 Å². The molecule has 0 unspecified atom stereocenters. The molecule has 6 nitrogen and oxygen atoms in total. The van der Waals surface area contributed by atoms with Crippen molar-refractivity contribution in [2.75, 3.05) is 13.2 Å². The lowest BCUT2D eigenvalue weighted by molar-refractivity contribution is -0.167. The third kappa shape index (κ3) is 52.6. The van der Waals surface area contributed by atoms with E-state index < -0.39 is 6.10 Å². The van der Waals surface area contributed by atoms with Crippen LogP contribution in [-0.4, -0.2) is 37.2 Å². The predicted molar refractivity (Wildman–Crippen MR) is 288 cm³/mol. The van der Waals surface area contributed by atoms with Gasteiger partial charge in [0.2, 0.25) is 0 Å². The summed E-state index contributed by atoms with van der Waals surface area (Å²) in [4.78, 5) is 38.0. The Balaban J connectivity index is 4.57. The summed E-state index contributed by atoms with van der Waals surface area (Å²) < 4.78 is 16.7. The quantitative estimate of drug-likeness (QED) is 0.0262. The molecule has 0 N–H and O–H groups in total. The maximum Gasteiger partial charge on any atom is 0.306 e. The molecule has 0 aromatic heterocycles. The first-order valence-electron chi connectivity index (χ1n) is 27.0. The number of ether oxygens (including phenoxy) is 3. The molecule has 0 aliphatic rings. The number of rotatable bonds is 47. The fourth-order valence-electron chi connectivity index (χ4n) is 6.87. The molecular weight excluding hydrogens is 829 g/mol. The van der Waals surface area contributed by atoms with E-state index >= 15 is 0 Å². The van der Waals surface area contributed by atoms with Gasteiger partial charge in [-0.15, -0.1) is 0 Å². The number of esters is 3. The Kier molecular flexibility index (Phi) is 51.0. The highest BCUT2D eigenvalue weighted by atomic mass is 16.6. The van der Waals surface area contributed by atoms with Crippen molar-refractivity contribution in [1.82, 2.24) is 0 Å². The first kappa shape index (κ1) is 62.8. The van der Waals surface area contributed by atoms with Crippen LogP contribution in [0.5, 0.6) is 0 Å². The molecule has 0 spiro atoms. The van der Waals surface area contributed by atoms with Crippen LogP contribution in [0, 0.1) is 0 Å². The molecule has 0 rings (SSSR count). The highest BCUT2D eigenvalue weighted by molar-refractivity contribution is 5.71. The zero-order valence-corrected chi connectivity index (χ0v) is 43.1. The summed E-state index contributed by atoms with van der Waals surface area (Å²) in [6.07, 6.45) is 74.7.